The van der Waals surface area contributed by atoms with Crippen LogP contribution in [0.1, 0.15) is 33.6 Å². The molecule has 0 bridgehead atoms. The monoisotopic (exact) mass is 474 g/mol. The van der Waals surface area contributed by atoms with Crippen LogP contribution in [0.15, 0.2) is 91.5 Å². The first-order chi connectivity index (χ1) is 17.6. The summed E-state index contributed by atoms with van der Waals surface area (Å²) in [6, 6.07) is 20.6. The van der Waals surface area contributed by atoms with Crippen LogP contribution in [0.2, 0.25) is 0 Å². The number of nitrogens with one attached hydrogen (secondary N) is 1. The number of hydrogen-bond donors (Lipinski definition) is 2. The SMILES string of the molecule is Cc1cc(C2(c3ccncc3)C(=O)Nc3ccccc32)c(-n2cc(Cc3ccccn3)nn2)cc1O. The number of benzene rings is 2. The lowest BCUT2D eigenvalue weighted by Gasteiger charge is -2.31. The third-order valence-corrected chi connectivity index (χ3v) is 6.63. The molecule has 0 saturated carbocycles. The maximum atomic E-state index is 13.9. The lowest BCUT2D eigenvalue weighted by Crippen LogP contribution is -2.38. The van der Waals surface area contributed by atoms with Gasteiger partial charge in [0, 0.05) is 53.6 Å². The molecule has 2 N–H and O–H groups in total. The number of fused-ring (bicyclic) bond motifs is 1. The van der Waals surface area contributed by atoms with E-state index >= 15 is 0 Å². The minimum atomic E-state index is -1.18. The molecular formula is C28H22N6O2. The molecule has 0 saturated heterocycles. The molecule has 0 radical (unpaired) electrons. The highest BCUT2D eigenvalue weighted by atomic mass is 16.3. The molecule has 176 valence electrons. The van der Waals surface area contributed by atoms with Crippen molar-refractivity contribution in [1.29, 1.82) is 0 Å². The summed E-state index contributed by atoms with van der Waals surface area (Å²) in [6.07, 6.45) is 7.41. The molecule has 1 amide bonds. The number of aryl methyl sites for hydroxylation is 1. The van der Waals surface area contributed by atoms with Crippen molar-refractivity contribution in [3.05, 3.63) is 125 Å². The van der Waals surface area contributed by atoms with Gasteiger partial charge in [-0.2, -0.15) is 0 Å². The van der Waals surface area contributed by atoms with E-state index in [0.29, 0.717) is 28.9 Å². The number of pyridine rings is 2. The number of para-hydroxylation sites is 1. The maximum Gasteiger partial charge on any atom is 0.244 e. The van der Waals surface area contributed by atoms with Gasteiger partial charge in [0.2, 0.25) is 5.91 Å². The summed E-state index contributed by atoms with van der Waals surface area (Å²) >= 11 is 0. The number of anilines is 1. The molecule has 0 spiro atoms. The van der Waals surface area contributed by atoms with Gasteiger partial charge in [-0.1, -0.05) is 29.5 Å². The van der Waals surface area contributed by atoms with Gasteiger partial charge in [-0.15, -0.1) is 5.10 Å². The minimum absolute atomic E-state index is 0.104. The van der Waals surface area contributed by atoms with Gasteiger partial charge in [0.25, 0.3) is 0 Å². The van der Waals surface area contributed by atoms with E-state index in [1.807, 2.05) is 67.6 Å². The first-order valence-corrected chi connectivity index (χ1v) is 11.5. The molecule has 0 aliphatic carbocycles. The Morgan fingerprint density at radius 2 is 1.75 bits per heavy atom. The Kier molecular flexibility index (Phi) is 5.07. The van der Waals surface area contributed by atoms with Crippen LogP contribution in [-0.2, 0) is 16.6 Å². The Bertz CT molecular complexity index is 1580. The fraction of sp³-hybridized carbons (Fsp3) is 0.107. The highest BCUT2D eigenvalue weighted by Gasteiger charge is 2.51. The average Bonchev–Trinajstić information content (AvgIpc) is 3.48. The third kappa shape index (κ3) is 3.34. The Labute approximate surface area is 207 Å². The molecule has 1 unspecified atom stereocenters. The topological polar surface area (TPSA) is 106 Å². The number of carbonyl (C=O) groups is 1. The fourth-order valence-electron chi connectivity index (χ4n) is 4.93. The van der Waals surface area contributed by atoms with Crippen molar-refractivity contribution in [2.45, 2.75) is 18.8 Å². The predicted octanol–water partition coefficient (Wildman–Crippen LogP) is 3.95. The summed E-state index contributed by atoms with van der Waals surface area (Å²) < 4.78 is 1.62. The first-order valence-electron chi connectivity index (χ1n) is 11.5. The molecule has 6 rings (SSSR count). The number of rotatable bonds is 5. The number of hydrogen-bond acceptors (Lipinski definition) is 6. The van der Waals surface area contributed by atoms with Crippen LogP contribution < -0.4 is 5.32 Å². The van der Waals surface area contributed by atoms with E-state index in [2.05, 4.69) is 25.6 Å². The van der Waals surface area contributed by atoms with Gasteiger partial charge in [0.15, 0.2) is 0 Å². The van der Waals surface area contributed by atoms with Crippen molar-refractivity contribution < 1.29 is 9.90 Å². The lowest BCUT2D eigenvalue weighted by molar-refractivity contribution is -0.118. The van der Waals surface area contributed by atoms with Crippen LogP contribution in [0.3, 0.4) is 0 Å². The van der Waals surface area contributed by atoms with Crippen LogP contribution in [0.5, 0.6) is 5.75 Å². The summed E-state index contributed by atoms with van der Waals surface area (Å²) in [5, 5.41) is 22.5. The number of nitrogens with zero attached hydrogens (tertiary/aromatic N) is 5. The van der Waals surface area contributed by atoms with E-state index in [1.165, 1.54) is 0 Å². The second-order valence-electron chi connectivity index (χ2n) is 8.79. The van der Waals surface area contributed by atoms with E-state index in [0.717, 1.165) is 22.5 Å². The van der Waals surface area contributed by atoms with Gasteiger partial charge in [-0.25, -0.2) is 4.68 Å². The smallest absolute Gasteiger partial charge is 0.244 e. The second kappa shape index (κ2) is 8.42. The largest absolute Gasteiger partial charge is 0.508 e. The van der Waals surface area contributed by atoms with E-state index in [1.54, 1.807) is 35.5 Å². The zero-order chi connectivity index (χ0) is 24.7. The summed E-state index contributed by atoms with van der Waals surface area (Å²) in [5.74, 6) is -0.0813. The number of carbonyl (C=O) groups excluding carboxylic acids is 1. The number of phenols is 1. The Balaban J connectivity index is 1.59. The van der Waals surface area contributed by atoms with E-state index in [-0.39, 0.29) is 11.7 Å². The summed E-state index contributed by atoms with van der Waals surface area (Å²) in [4.78, 5) is 22.5. The third-order valence-electron chi connectivity index (χ3n) is 6.63. The van der Waals surface area contributed by atoms with Crippen LogP contribution in [0.4, 0.5) is 5.69 Å². The number of aromatic nitrogens is 5. The van der Waals surface area contributed by atoms with Crippen LogP contribution in [0.25, 0.3) is 5.69 Å². The zero-order valence-corrected chi connectivity index (χ0v) is 19.5. The van der Waals surface area contributed by atoms with Crippen molar-refractivity contribution in [2.75, 3.05) is 5.32 Å². The highest BCUT2D eigenvalue weighted by Crippen LogP contribution is 2.50. The molecule has 4 heterocycles. The van der Waals surface area contributed by atoms with Crippen LogP contribution in [-0.4, -0.2) is 36.0 Å². The zero-order valence-electron chi connectivity index (χ0n) is 19.5. The van der Waals surface area contributed by atoms with Crippen LogP contribution >= 0.6 is 0 Å². The average molecular weight is 475 g/mol. The molecule has 1 aliphatic rings. The van der Waals surface area contributed by atoms with Crippen molar-refractivity contribution in [3.8, 4) is 11.4 Å². The molecule has 8 heteroatoms. The van der Waals surface area contributed by atoms with Crippen molar-refractivity contribution >= 4 is 11.6 Å². The van der Waals surface area contributed by atoms with Gasteiger partial charge in [0.1, 0.15) is 11.2 Å². The maximum absolute atomic E-state index is 13.9. The molecular weight excluding hydrogens is 452 g/mol. The van der Waals surface area contributed by atoms with Gasteiger partial charge in [0.05, 0.1) is 17.6 Å². The van der Waals surface area contributed by atoms with Gasteiger partial charge >= 0.3 is 0 Å². The van der Waals surface area contributed by atoms with Crippen molar-refractivity contribution in [2.24, 2.45) is 0 Å². The predicted molar refractivity (Wildman–Crippen MR) is 134 cm³/mol. The standard InChI is InChI=1S/C28H22N6O2/c1-18-14-23(25(16-26(18)35)34-17-21(32-33-34)15-20-6-4-5-11-30-20)28(19-9-12-29-13-10-19)22-7-2-3-8-24(22)31-27(28)36/h2-14,16-17,35H,15H2,1H3,(H,31,36). The van der Waals surface area contributed by atoms with E-state index in [4.69, 9.17) is 0 Å². The molecule has 1 atom stereocenters. The summed E-state index contributed by atoms with van der Waals surface area (Å²) in [5.41, 5.74) is 4.62. The molecule has 5 aromatic rings. The minimum Gasteiger partial charge on any atom is -0.508 e. The molecule has 0 fully saturated rings. The highest BCUT2D eigenvalue weighted by molar-refractivity contribution is 6.12. The Hall–Kier alpha value is -4.85. The number of phenolic OH excluding ortho intramolecular Hbond substituents is 1. The van der Waals surface area contributed by atoms with Gasteiger partial charge in [-0.3, -0.25) is 14.8 Å². The number of aromatic hydroxyl groups is 1. The molecule has 3 aromatic heterocycles. The van der Waals surface area contributed by atoms with Crippen LogP contribution in [0, 0.1) is 6.92 Å². The Morgan fingerprint density at radius 1 is 0.944 bits per heavy atom. The Morgan fingerprint density at radius 3 is 2.56 bits per heavy atom. The van der Waals surface area contributed by atoms with Crippen molar-refractivity contribution in [1.82, 2.24) is 25.0 Å². The van der Waals surface area contributed by atoms with Gasteiger partial charge in [-0.05, 0) is 54.4 Å². The van der Waals surface area contributed by atoms with Crippen molar-refractivity contribution in [3.63, 3.8) is 0 Å². The molecule has 36 heavy (non-hydrogen) atoms. The lowest BCUT2D eigenvalue weighted by atomic mass is 9.69. The quantitative estimate of drug-likeness (QED) is 0.400. The summed E-state index contributed by atoms with van der Waals surface area (Å²) in [7, 11) is 0. The summed E-state index contributed by atoms with van der Waals surface area (Å²) in [6.45, 7) is 1.81. The normalized spacial score (nSPS) is 16.5. The second-order valence-corrected chi connectivity index (χ2v) is 8.79. The fourth-order valence-corrected chi connectivity index (χ4v) is 4.93. The molecule has 8 nitrogen and oxygen atoms in total. The number of amides is 1. The first kappa shape index (κ1) is 21.7. The molecule has 1 aliphatic heterocycles. The van der Waals surface area contributed by atoms with E-state index in [9.17, 15) is 9.90 Å². The molecule has 2 aromatic carbocycles. The van der Waals surface area contributed by atoms with E-state index < -0.39 is 5.41 Å². The van der Waals surface area contributed by atoms with Gasteiger partial charge < -0.3 is 10.4 Å².